The zero-order valence-corrected chi connectivity index (χ0v) is 12.3. The van der Waals surface area contributed by atoms with E-state index < -0.39 is 0 Å². The molecule has 1 unspecified atom stereocenters. The molecule has 1 atom stereocenters. The fraction of sp³-hybridized carbons (Fsp3) is 0.462. The molecule has 6 heteroatoms. The lowest BCUT2D eigenvalue weighted by atomic mass is 10.2. The molecule has 0 spiro atoms. The van der Waals surface area contributed by atoms with Crippen molar-refractivity contribution in [2.75, 3.05) is 20.2 Å². The molecule has 1 fully saturated rings. The van der Waals surface area contributed by atoms with Crippen molar-refractivity contribution in [3.63, 3.8) is 0 Å². The van der Waals surface area contributed by atoms with E-state index in [0.717, 1.165) is 36.1 Å². The van der Waals surface area contributed by atoms with Gasteiger partial charge in [0, 0.05) is 30.1 Å². The fourth-order valence-electron chi connectivity index (χ4n) is 2.24. The zero-order valence-electron chi connectivity index (χ0n) is 10.7. The SMILES string of the molecule is COC(=O)NC1CCN(Cc2cc(O)ccc2Br)C1. The van der Waals surface area contributed by atoms with Crippen LogP contribution in [0.5, 0.6) is 5.75 Å². The molecule has 0 aliphatic carbocycles. The topological polar surface area (TPSA) is 61.8 Å². The Morgan fingerprint density at radius 1 is 1.63 bits per heavy atom. The minimum absolute atomic E-state index is 0.128. The summed E-state index contributed by atoms with van der Waals surface area (Å²) in [5, 5.41) is 12.3. The summed E-state index contributed by atoms with van der Waals surface area (Å²) in [6, 6.07) is 5.37. The fourth-order valence-corrected chi connectivity index (χ4v) is 2.61. The Balaban J connectivity index is 1.91. The first-order valence-corrected chi connectivity index (χ1v) is 6.92. The number of ether oxygens (including phenoxy) is 1. The van der Waals surface area contributed by atoms with Gasteiger partial charge in [-0.2, -0.15) is 0 Å². The Labute approximate surface area is 120 Å². The number of alkyl carbamates (subject to hydrolysis) is 1. The van der Waals surface area contributed by atoms with E-state index in [9.17, 15) is 9.90 Å². The molecule has 1 aliphatic rings. The second kappa shape index (κ2) is 6.25. The molecule has 1 saturated heterocycles. The first-order valence-electron chi connectivity index (χ1n) is 6.12. The normalized spacial score (nSPS) is 19.4. The number of rotatable bonds is 3. The number of aromatic hydroxyl groups is 1. The van der Waals surface area contributed by atoms with E-state index in [2.05, 4.69) is 30.9 Å². The van der Waals surface area contributed by atoms with E-state index in [0.29, 0.717) is 0 Å². The monoisotopic (exact) mass is 328 g/mol. The van der Waals surface area contributed by atoms with Gasteiger partial charge in [-0.25, -0.2) is 4.79 Å². The van der Waals surface area contributed by atoms with Crippen LogP contribution < -0.4 is 5.32 Å². The quantitative estimate of drug-likeness (QED) is 0.891. The Morgan fingerprint density at radius 2 is 2.42 bits per heavy atom. The van der Waals surface area contributed by atoms with Crippen molar-refractivity contribution in [3.05, 3.63) is 28.2 Å². The van der Waals surface area contributed by atoms with E-state index in [-0.39, 0.29) is 17.9 Å². The first-order chi connectivity index (χ1) is 9.08. The average molecular weight is 329 g/mol. The molecule has 0 saturated carbocycles. The van der Waals surface area contributed by atoms with Crippen LogP contribution in [-0.2, 0) is 11.3 Å². The third kappa shape index (κ3) is 3.84. The van der Waals surface area contributed by atoms with Gasteiger partial charge < -0.3 is 15.2 Å². The van der Waals surface area contributed by atoms with Gasteiger partial charge in [-0.1, -0.05) is 15.9 Å². The highest BCUT2D eigenvalue weighted by Crippen LogP contribution is 2.24. The maximum Gasteiger partial charge on any atom is 0.407 e. The lowest BCUT2D eigenvalue weighted by Gasteiger charge is -2.17. The number of benzene rings is 1. The van der Waals surface area contributed by atoms with E-state index in [1.54, 1.807) is 12.1 Å². The number of nitrogens with one attached hydrogen (secondary N) is 1. The van der Waals surface area contributed by atoms with Crippen molar-refractivity contribution in [1.82, 2.24) is 10.2 Å². The highest BCUT2D eigenvalue weighted by atomic mass is 79.9. The smallest absolute Gasteiger partial charge is 0.407 e. The molecule has 1 amide bonds. The van der Waals surface area contributed by atoms with Gasteiger partial charge >= 0.3 is 6.09 Å². The predicted octanol–water partition coefficient (Wildman–Crippen LogP) is 2.08. The number of likely N-dealkylation sites (tertiary alicyclic amines) is 1. The number of phenols is 1. The number of phenolic OH excluding ortho intramolecular Hbond substituents is 1. The molecule has 104 valence electrons. The Hall–Kier alpha value is -1.27. The maximum absolute atomic E-state index is 11.1. The summed E-state index contributed by atoms with van der Waals surface area (Å²) in [7, 11) is 1.37. The lowest BCUT2D eigenvalue weighted by Crippen LogP contribution is -2.36. The number of amides is 1. The van der Waals surface area contributed by atoms with Gasteiger partial charge in [-0.05, 0) is 30.2 Å². The minimum atomic E-state index is -0.384. The van der Waals surface area contributed by atoms with Crippen LogP contribution in [0.15, 0.2) is 22.7 Å². The number of halogens is 1. The van der Waals surface area contributed by atoms with Gasteiger partial charge in [0.1, 0.15) is 5.75 Å². The largest absolute Gasteiger partial charge is 0.508 e. The third-order valence-electron chi connectivity index (χ3n) is 3.20. The van der Waals surface area contributed by atoms with Gasteiger partial charge in [-0.15, -0.1) is 0 Å². The molecule has 0 aromatic heterocycles. The molecule has 1 aliphatic heterocycles. The number of carbonyl (C=O) groups excluding carboxylic acids is 1. The molecule has 1 aromatic carbocycles. The molecule has 0 bridgehead atoms. The van der Waals surface area contributed by atoms with Gasteiger partial charge in [0.05, 0.1) is 7.11 Å². The number of carbonyl (C=O) groups is 1. The van der Waals surface area contributed by atoms with Crippen molar-refractivity contribution in [3.8, 4) is 5.75 Å². The summed E-state index contributed by atoms with van der Waals surface area (Å²) in [4.78, 5) is 13.4. The Kier molecular flexibility index (Phi) is 4.66. The summed E-state index contributed by atoms with van der Waals surface area (Å²) in [6.07, 6.45) is 0.524. The van der Waals surface area contributed by atoms with Crippen molar-refractivity contribution in [2.45, 2.75) is 19.0 Å². The van der Waals surface area contributed by atoms with E-state index >= 15 is 0 Å². The summed E-state index contributed by atoms with van der Waals surface area (Å²) in [6.45, 7) is 2.45. The van der Waals surface area contributed by atoms with Crippen LogP contribution in [-0.4, -0.2) is 42.3 Å². The number of methoxy groups -OCH3 is 1. The van der Waals surface area contributed by atoms with Crippen LogP contribution in [0.4, 0.5) is 4.79 Å². The average Bonchev–Trinajstić information content (AvgIpc) is 2.81. The third-order valence-corrected chi connectivity index (χ3v) is 3.98. The Bertz CT molecular complexity index is 467. The molecular weight excluding hydrogens is 312 g/mol. The summed E-state index contributed by atoms with van der Waals surface area (Å²) >= 11 is 3.48. The molecular formula is C13H17BrN2O3. The van der Waals surface area contributed by atoms with Crippen LogP contribution in [0.2, 0.25) is 0 Å². The van der Waals surface area contributed by atoms with Crippen LogP contribution >= 0.6 is 15.9 Å². The van der Waals surface area contributed by atoms with E-state index in [1.807, 2.05) is 6.07 Å². The van der Waals surface area contributed by atoms with E-state index in [4.69, 9.17) is 0 Å². The van der Waals surface area contributed by atoms with Crippen LogP contribution in [0.25, 0.3) is 0 Å². The van der Waals surface area contributed by atoms with Crippen LogP contribution in [0.1, 0.15) is 12.0 Å². The van der Waals surface area contributed by atoms with E-state index in [1.165, 1.54) is 7.11 Å². The number of hydrogen-bond acceptors (Lipinski definition) is 4. The summed E-state index contributed by atoms with van der Waals surface area (Å²) in [5.74, 6) is 0.265. The summed E-state index contributed by atoms with van der Waals surface area (Å²) in [5.41, 5.74) is 1.04. The van der Waals surface area contributed by atoms with Gasteiger partial charge in [0.2, 0.25) is 0 Å². The van der Waals surface area contributed by atoms with Crippen molar-refractivity contribution >= 4 is 22.0 Å². The van der Waals surface area contributed by atoms with Gasteiger partial charge in [0.25, 0.3) is 0 Å². The van der Waals surface area contributed by atoms with Crippen LogP contribution in [0.3, 0.4) is 0 Å². The second-order valence-electron chi connectivity index (χ2n) is 4.63. The van der Waals surface area contributed by atoms with Crippen molar-refractivity contribution in [1.29, 1.82) is 0 Å². The highest BCUT2D eigenvalue weighted by molar-refractivity contribution is 9.10. The summed E-state index contributed by atoms with van der Waals surface area (Å²) < 4.78 is 5.57. The molecule has 2 rings (SSSR count). The standard InChI is InChI=1S/C13H17BrN2O3/c1-19-13(18)15-10-4-5-16(8-10)7-9-6-11(17)2-3-12(9)14/h2-3,6,10,17H,4-5,7-8H2,1H3,(H,15,18). The predicted molar refractivity (Wildman–Crippen MR) is 75.0 cm³/mol. The lowest BCUT2D eigenvalue weighted by molar-refractivity contribution is 0.166. The highest BCUT2D eigenvalue weighted by Gasteiger charge is 2.24. The zero-order chi connectivity index (χ0) is 13.8. The molecule has 0 radical (unpaired) electrons. The molecule has 1 heterocycles. The van der Waals surface area contributed by atoms with Crippen molar-refractivity contribution in [2.24, 2.45) is 0 Å². The number of nitrogens with zero attached hydrogens (tertiary/aromatic N) is 1. The molecule has 5 nitrogen and oxygen atoms in total. The molecule has 2 N–H and O–H groups in total. The van der Waals surface area contributed by atoms with Crippen LogP contribution in [0, 0.1) is 0 Å². The maximum atomic E-state index is 11.1. The molecule has 1 aromatic rings. The first kappa shape index (κ1) is 14.1. The van der Waals surface area contributed by atoms with Crippen molar-refractivity contribution < 1.29 is 14.6 Å². The molecule has 19 heavy (non-hydrogen) atoms. The second-order valence-corrected chi connectivity index (χ2v) is 5.49. The minimum Gasteiger partial charge on any atom is -0.508 e. The van der Waals surface area contributed by atoms with Gasteiger partial charge in [0.15, 0.2) is 0 Å². The van der Waals surface area contributed by atoms with Gasteiger partial charge in [-0.3, -0.25) is 4.90 Å². The number of hydrogen-bond donors (Lipinski definition) is 2. The Morgan fingerprint density at radius 3 is 3.16 bits per heavy atom.